The molecule has 0 bridgehead atoms. The van der Waals surface area contributed by atoms with Crippen LogP contribution in [0.25, 0.3) is 0 Å². The summed E-state index contributed by atoms with van der Waals surface area (Å²) >= 11 is 0. The van der Waals surface area contributed by atoms with E-state index in [1.165, 1.54) is 5.56 Å². The van der Waals surface area contributed by atoms with Crippen molar-refractivity contribution in [2.24, 2.45) is 0 Å². The number of rotatable bonds is 1. The highest BCUT2D eigenvalue weighted by atomic mass is 16.2. The molecule has 2 amide bonds. The van der Waals surface area contributed by atoms with Crippen molar-refractivity contribution in [3.63, 3.8) is 0 Å². The molecule has 1 aromatic rings. The minimum absolute atomic E-state index is 0.104. The van der Waals surface area contributed by atoms with Gasteiger partial charge in [-0.25, -0.2) is 4.79 Å². The molecule has 1 atom stereocenters. The lowest BCUT2D eigenvalue weighted by Crippen LogP contribution is -2.48. The summed E-state index contributed by atoms with van der Waals surface area (Å²) in [4.78, 5) is 16.0. The van der Waals surface area contributed by atoms with E-state index in [9.17, 15) is 4.79 Å². The van der Waals surface area contributed by atoms with Crippen molar-refractivity contribution in [3.05, 3.63) is 29.8 Å². The fourth-order valence-corrected chi connectivity index (χ4v) is 2.30. The number of amides is 2. The minimum atomic E-state index is 0.104. The number of benzene rings is 1. The molecule has 1 unspecified atom stereocenters. The third-order valence-corrected chi connectivity index (χ3v) is 3.53. The van der Waals surface area contributed by atoms with Crippen molar-refractivity contribution in [1.82, 2.24) is 4.90 Å². The average molecular weight is 232 g/mol. The van der Waals surface area contributed by atoms with Crippen LogP contribution in [0.5, 0.6) is 0 Å². The zero-order chi connectivity index (χ0) is 12.4. The molecule has 3 heteroatoms. The highest BCUT2D eigenvalue weighted by molar-refractivity contribution is 5.93. The van der Waals surface area contributed by atoms with Gasteiger partial charge in [0.1, 0.15) is 0 Å². The lowest BCUT2D eigenvalue weighted by Gasteiger charge is -2.37. The molecule has 17 heavy (non-hydrogen) atoms. The summed E-state index contributed by atoms with van der Waals surface area (Å²) < 4.78 is 0. The summed E-state index contributed by atoms with van der Waals surface area (Å²) in [5.74, 6) is 0. The number of fused-ring (bicyclic) bond motifs is 1. The molecule has 1 aromatic carbocycles. The van der Waals surface area contributed by atoms with Gasteiger partial charge < -0.3 is 4.90 Å². The van der Waals surface area contributed by atoms with E-state index in [1.807, 2.05) is 37.1 Å². The van der Waals surface area contributed by atoms with Crippen LogP contribution >= 0.6 is 0 Å². The number of carbonyl (C=O) groups is 1. The quantitative estimate of drug-likeness (QED) is 0.730. The average Bonchev–Trinajstić information content (AvgIpc) is 2.37. The zero-order valence-corrected chi connectivity index (χ0v) is 10.8. The normalized spacial score (nSPS) is 18.8. The second kappa shape index (κ2) is 4.78. The Balaban J connectivity index is 2.36. The number of aryl methyl sites for hydroxylation is 1. The Morgan fingerprint density at radius 2 is 2.18 bits per heavy atom. The Kier molecular flexibility index (Phi) is 3.36. The van der Waals surface area contributed by atoms with E-state index >= 15 is 0 Å². The number of urea groups is 1. The Morgan fingerprint density at radius 3 is 2.88 bits per heavy atom. The van der Waals surface area contributed by atoms with Gasteiger partial charge in [-0.05, 0) is 38.3 Å². The second-order valence-corrected chi connectivity index (χ2v) is 4.68. The number of carbonyl (C=O) groups excluding carboxylic acids is 1. The third kappa shape index (κ3) is 2.14. The van der Waals surface area contributed by atoms with Crippen LogP contribution in [0.2, 0.25) is 0 Å². The lowest BCUT2D eigenvalue weighted by molar-refractivity contribution is 0.214. The Morgan fingerprint density at radius 1 is 1.47 bits per heavy atom. The number of para-hydroxylation sites is 1. The van der Waals surface area contributed by atoms with Crippen molar-refractivity contribution in [2.75, 3.05) is 18.5 Å². The SMILES string of the molecule is CCN(C)C(=O)N1c2ccccc2CCC1C. The molecule has 1 aliphatic heterocycles. The predicted molar refractivity (Wildman–Crippen MR) is 70.4 cm³/mol. The van der Waals surface area contributed by atoms with Crippen molar-refractivity contribution < 1.29 is 4.79 Å². The molecule has 2 rings (SSSR count). The number of hydrogen-bond acceptors (Lipinski definition) is 1. The van der Waals surface area contributed by atoms with Gasteiger partial charge in [-0.1, -0.05) is 18.2 Å². The fourth-order valence-electron chi connectivity index (χ4n) is 2.30. The van der Waals surface area contributed by atoms with Gasteiger partial charge in [-0.15, -0.1) is 0 Å². The summed E-state index contributed by atoms with van der Waals surface area (Å²) in [6, 6.07) is 8.60. The van der Waals surface area contributed by atoms with Gasteiger partial charge in [0.2, 0.25) is 0 Å². The van der Waals surface area contributed by atoms with Gasteiger partial charge >= 0.3 is 6.03 Å². The van der Waals surface area contributed by atoms with E-state index in [4.69, 9.17) is 0 Å². The summed E-state index contributed by atoms with van der Waals surface area (Å²) in [7, 11) is 1.85. The maximum atomic E-state index is 12.4. The summed E-state index contributed by atoms with van der Waals surface area (Å²) in [5, 5.41) is 0. The molecular weight excluding hydrogens is 212 g/mol. The van der Waals surface area contributed by atoms with Crippen molar-refractivity contribution in [1.29, 1.82) is 0 Å². The molecule has 3 nitrogen and oxygen atoms in total. The van der Waals surface area contributed by atoms with Crippen LogP contribution in [0.3, 0.4) is 0 Å². The molecule has 0 radical (unpaired) electrons. The lowest BCUT2D eigenvalue weighted by atomic mass is 9.97. The molecule has 0 fully saturated rings. The summed E-state index contributed by atoms with van der Waals surface area (Å²) in [6.07, 6.45) is 2.11. The molecule has 0 saturated heterocycles. The Bertz CT molecular complexity index is 416. The van der Waals surface area contributed by atoms with Gasteiger partial charge in [0.15, 0.2) is 0 Å². The zero-order valence-electron chi connectivity index (χ0n) is 10.8. The monoisotopic (exact) mass is 232 g/mol. The highest BCUT2D eigenvalue weighted by Gasteiger charge is 2.29. The molecule has 0 aromatic heterocycles. The second-order valence-electron chi connectivity index (χ2n) is 4.68. The maximum Gasteiger partial charge on any atom is 0.324 e. The maximum absolute atomic E-state index is 12.4. The van der Waals surface area contributed by atoms with Gasteiger partial charge in [-0.3, -0.25) is 4.90 Å². The first kappa shape index (κ1) is 12.0. The van der Waals surface area contributed by atoms with Crippen LogP contribution in [0, 0.1) is 0 Å². The van der Waals surface area contributed by atoms with Gasteiger partial charge in [0.25, 0.3) is 0 Å². The fraction of sp³-hybridized carbons (Fsp3) is 0.500. The molecule has 1 aliphatic rings. The van der Waals surface area contributed by atoms with E-state index in [2.05, 4.69) is 13.0 Å². The largest absolute Gasteiger partial charge is 0.328 e. The van der Waals surface area contributed by atoms with E-state index in [-0.39, 0.29) is 12.1 Å². The summed E-state index contributed by atoms with van der Waals surface area (Å²) in [6.45, 7) is 4.86. The highest BCUT2D eigenvalue weighted by Crippen LogP contribution is 2.31. The predicted octanol–water partition coefficient (Wildman–Crippen LogP) is 2.90. The van der Waals surface area contributed by atoms with Crippen molar-refractivity contribution in [3.8, 4) is 0 Å². The van der Waals surface area contributed by atoms with Gasteiger partial charge in [0.05, 0.1) is 0 Å². The number of nitrogens with zero attached hydrogens (tertiary/aromatic N) is 2. The third-order valence-electron chi connectivity index (χ3n) is 3.53. The van der Waals surface area contributed by atoms with Crippen LogP contribution in [-0.4, -0.2) is 30.6 Å². The standard InChI is InChI=1S/C14H20N2O/c1-4-15(3)14(17)16-11(2)9-10-12-7-5-6-8-13(12)16/h5-8,11H,4,9-10H2,1-3H3. The van der Waals surface area contributed by atoms with Crippen LogP contribution < -0.4 is 4.90 Å². The first-order valence-corrected chi connectivity index (χ1v) is 6.27. The first-order valence-electron chi connectivity index (χ1n) is 6.27. The van der Waals surface area contributed by atoms with Gasteiger partial charge in [0, 0.05) is 25.3 Å². The minimum Gasteiger partial charge on any atom is -0.328 e. The van der Waals surface area contributed by atoms with E-state index in [1.54, 1.807) is 4.90 Å². The van der Waals surface area contributed by atoms with E-state index in [0.717, 1.165) is 25.1 Å². The number of anilines is 1. The molecule has 0 saturated carbocycles. The molecule has 0 spiro atoms. The van der Waals surface area contributed by atoms with Crippen LogP contribution in [0.1, 0.15) is 25.8 Å². The van der Waals surface area contributed by atoms with Crippen LogP contribution in [-0.2, 0) is 6.42 Å². The topological polar surface area (TPSA) is 23.6 Å². The molecular formula is C14H20N2O. The van der Waals surface area contributed by atoms with Crippen LogP contribution in [0.4, 0.5) is 10.5 Å². The first-order chi connectivity index (χ1) is 8.15. The smallest absolute Gasteiger partial charge is 0.324 e. The number of hydrogen-bond donors (Lipinski definition) is 0. The van der Waals surface area contributed by atoms with E-state index in [0.29, 0.717) is 0 Å². The van der Waals surface area contributed by atoms with Crippen molar-refractivity contribution >= 4 is 11.7 Å². The summed E-state index contributed by atoms with van der Waals surface area (Å²) in [5.41, 5.74) is 2.36. The van der Waals surface area contributed by atoms with Crippen molar-refractivity contribution in [2.45, 2.75) is 32.7 Å². The molecule has 92 valence electrons. The van der Waals surface area contributed by atoms with Gasteiger partial charge in [-0.2, -0.15) is 0 Å². The van der Waals surface area contributed by atoms with Crippen LogP contribution in [0.15, 0.2) is 24.3 Å². The molecule has 0 aliphatic carbocycles. The Hall–Kier alpha value is -1.51. The molecule has 1 heterocycles. The molecule has 0 N–H and O–H groups in total. The van der Waals surface area contributed by atoms with E-state index < -0.39 is 0 Å². The Labute approximate surface area is 103 Å².